The summed E-state index contributed by atoms with van der Waals surface area (Å²) >= 11 is 0. The second-order valence-corrected chi connectivity index (χ2v) is 8.43. The van der Waals surface area contributed by atoms with Crippen molar-refractivity contribution >= 4 is 21.8 Å². The van der Waals surface area contributed by atoms with Crippen molar-refractivity contribution in [3.05, 3.63) is 0 Å². The van der Waals surface area contributed by atoms with Crippen molar-refractivity contribution in [3.8, 4) is 0 Å². The van der Waals surface area contributed by atoms with E-state index in [0.717, 1.165) is 0 Å². The number of hydrogen-bond donors (Lipinski definition) is 1. The fourth-order valence-corrected chi connectivity index (χ4v) is 4.50. The number of carboxylic acids is 1. The number of nitrogens with zero attached hydrogens (tertiary/aromatic N) is 2. The van der Waals surface area contributed by atoms with Crippen LogP contribution in [-0.4, -0.2) is 72.5 Å². The van der Waals surface area contributed by atoms with Gasteiger partial charge in [-0.3, -0.25) is 4.79 Å². The van der Waals surface area contributed by atoms with Crippen LogP contribution in [0.15, 0.2) is 0 Å². The van der Waals surface area contributed by atoms with Crippen LogP contribution in [0.1, 0.15) is 20.3 Å². The third kappa shape index (κ3) is 3.66. The fourth-order valence-electron chi connectivity index (χ4n) is 2.98. The predicted molar refractivity (Wildman–Crippen MR) is 76.7 cm³/mol. The van der Waals surface area contributed by atoms with Gasteiger partial charge < -0.3 is 14.9 Å². The minimum Gasteiger partial charge on any atom is -0.481 e. The van der Waals surface area contributed by atoms with Gasteiger partial charge in [0.1, 0.15) is 0 Å². The van der Waals surface area contributed by atoms with Gasteiger partial charge in [0.2, 0.25) is 0 Å². The van der Waals surface area contributed by atoms with Crippen molar-refractivity contribution in [1.29, 1.82) is 0 Å². The molecule has 2 heterocycles. The van der Waals surface area contributed by atoms with Crippen LogP contribution in [0.4, 0.5) is 4.79 Å². The predicted octanol–water partition coefficient (Wildman–Crippen LogP) is 0.268. The summed E-state index contributed by atoms with van der Waals surface area (Å²) in [5.41, 5.74) is 0. The van der Waals surface area contributed by atoms with E-state index in [1.165, 1.54) is 4.90 Å². The lowest BCUT2D eigenvalue weighted by atomic mass is 10.0. The van der Waals surface area contributed by atoms with E-state index >= 15 is 0 Å². The molecule has 0 saturated carbocycles. The molecule has 120 valence electrons. The highest BCUT2D eigenvalue weighted by Gasteiger charge is 2.39. The molecule has 0 bridgehead atoms. The summed E-state index contributed by atoms with van der Waals surface area (Å²) in [5, 5.41) is 8.94. The molecule has 0 spiro atoms. The zero-order valence-corrected chi connectivity index (χ0v) is 13.2. The largest absolute Gasteiger partial charge is 0.481 e. The van der Waals surface area contributed by atoms with Gasteiger partial charge in [-0.25, -0.2) is 13.2 Å². The standard InChI is InChI=1S/C13H22N2O5S/c1-9-6-14(7-10(9)2)13(18)15-3-4-21(19,20)8-11(15)5-12(16)17/h9-11H,3-8H2,1-2H3,(H,16,17). The number of carbonyl (C=O) groups is 2. The van der Waals surface area contributed by atoms with Crippen LogP contribution in [0, 0.1) is 11.8 Å². The van der Waals surface area contributed by atoms with Gasteiger partial charge in [0, 0.05) is 19.6 Å². The van der Waals surface area contributed by atoms with Gasteiger partial charge in [0.15, 0.2) is 9.84 Å². The number of rotatable bonds is 2. The van der Waals surface area contributed by atoms with E-state index < -0.39 is 21.8 Å². The summed E-state index contributed by atoms with van der Waals surface area (Å²) in [6.07, 6.45) is -0.329. The van der Waals surface area contributed by atoms with Crippen molar-refractivity contribution in [2.75, 3.05) is 31.1 Å². The fraction of sp³-hybridized carbons (Fsp3) is 0.846. The molecule has 2 fully saturated rings. The highest BCUT2D eigenvalue weighted by molar-refractivity contribution is 7.91. The van der Waals surface area contributed by atoms with Gasteiger partial charge in [-0.1, -0.05) is 13.8 Å². The summed E-state index contributed by atoms with van der Waals surface area (Å²) in [6, 6.07) is -0.993. The Morgan fingerprint density at radius 2 is 1.76 bits per heavy atom. The Morgan fingerprint density at radius 1 is 1.19 bits per heavy atom. The van der Waals surface area contributed by atoms with Gasteiger partial charge in [-0.15, -0.1) is 0 Å². The molecule has 0 aromatic rings. The van der Waals surface area contributed by atoms with E-state index in [0.29, 0.717) is 24.9 Å². The van der Waals surface area contributed by atoms with Crippen LogP contribution in [0.25, 0.3) is 0 Å². The third-order valence-corrected chi connectivity index (χ3v) is 6.14. The number of sulfone groups is 1. The van der Waals surface area contributed by atoms with Gasteiger partial charge in [-0.2, -0.15) is 0 Å². The average molecular weight is 318 g/mol. The average Bonchev–Trinajstić information content (AvgIpc) is 2.67. The summed E-state index contributed by atoms with van der Waals surface area (Å²) in [4.78, 5) is 26.6. The lowest BCUT2D eigenvalue weighted by Gasteiger charge is -2.37. The molecule has 8 heteroatoms. The summed E-state index contributed by atoms with van der Waals surface area (Å²) in [6.45, 7) is 5.52. The number of urea groups is 1. The van der Waals surface area contributed by atoms with Crippen molar-refractivity contribution < 1.29 is 23.1 Å². The maximum Gasteiger partial charge on any atom is 0.320 e. The summed E-state index contributed by atoms with van der Waals surface area (Å²) < 4.78 is 23.4. The molecule has 2 aliphatic heterocycles. The number of aliphatic carboxylic acids is 1. The van der Waals surface area contributed by atoms with E-state index in [2.05, 4.69) is 13.8 Å². The van der Waals surface area contributed by atoms with Crippen LogP contribution in [0.5, 0.6) is 0 Å². The van der Waals surface area contributed by atoms with E-state index in [4.69, 9.17) is 5.11 Å². The molecule has 7 nitrogen and oxygen atoms in total. The van der Waals surface area contributed by atoms with Crippen molar-refractivity contribution in [2.24, 2.45) is 11.8 Å². The molecule has 2 saturated heterocycles. The smallest absolute Gasteiger partial charge is 0.320 e. The summed E-state index contributed by atoms with van der Waals surface area (Å²) in [7, 11) is -3.26. The zero-order chi connectivity index (χ0) is 15.8. The third-order valence-electron chi connectivity index (χ3n) is 4.44. The minimum absolute atomic E-state index is 0.0817. The molecule has 0 aromatic carbocycles. The number of likely N-dealkylation sites (tertiary alicyclic amines) is 1. The number of carboxylic acid groups (broad SMARTS) is 1. The van der Waals surface area contributed by atoms with Crippen LogP contribution >= 0.6 is 0 Å². The van der Waals surface area contributed by atoms with Gasteiger partial charge in [0.05, 0.1) is 24.0 Å². The zero-order valence-electron chi connectivity index (χ0n) is 12.4. The first-order valence-electron chi connectivity index (χ1n) is 7.17. The molecule has 2 rings (SSSR count). The Bertz CT molecular complexity index is 523. The lowest BCUT2D eigenvalue weighted by molar-refractivity contribution is -0.138. The van der Waals surface area contributed by atoms with Crippen LogP contribution in [0.3, 0.4) is 0 Å². The maximum absolute atomic E-state index is 12.6. The minimum atomic E-state index is -3.26. The Labute approximate surface area is 124 Å². The topological polar surface area (TPSA) is 95.0 Å². The summed E-state index contributed by atoms with van der Waals surface area (Å²) in [5.74, 6) is -0.628. The Morgan fingerprint density at radius 3 is 2.29 bits per heavy atom. The molecule has 2 amide bonds. The molecule has 21 heavy (non-hydrogen) atoms. The second-order valence-electron chi connectivity index (χ2n) is 6.20. The maximum atomic E-state index is 12.6. The van der Waals surface area contributed by atoms with Crippen LogP contribution in [-0.2, 0) is 14.6 Å². The van der Waals surface area contributed by atoms with Crippen molar-refractivity contribution in [3.63, 3.8) is 0 Å². The number of hydrogen-bond acceptors (Lipinski definition) is 4. The molecule has 0 aliphatic carbocycles. The van der Waals surface area contributed by atoms with Crippen molar-refractivity contribution in [2.45, 2.75) is 26.3 Å². The van der Waals surface area contributed by atoms with Crippen LogP contribution < -0.4 is 0 Å². The highest BCUT2D eigenvalue weighted by Crippen LogP contribution is 2.25. The van der Waals surface area contributed by atoms with Gasteiger partial charge in [-0.05, 0) is 11.8 Å². The second kappa shape index (κ2) is 5.82. The Hall–Kier alpha value is -1.31. The molecule has 0 radical (unpaired) electrons. The van der Waals surface area contributed by atoms with Crippen LogP contribution in [0.2, 0.25) is 0 Å². The molecular formula is C13H22N2O5S. The normalized spacial score (nSPS) is 32.2. The molecule has 1 N–H and O–H groups in total. The first kappa shape index (κ1) is 16.1. The number of amides is 2. The Balaban J connectivity index is 2.12. The number of carbonyl (C=O) groups excluding carboxylic acids is 1. The van der Waals surface area contributed by atoms with Gasteiger partial charge in [0.25, 0.3) is 0 Å². The highest BCUT2D eigenvalue weighted by atomic mass is 32.2. The van der Waals surface area contributed by atoms with E-state index in [1.807, 2.05) is 0 Å². The van der Waals surface area contributed by atoms with Crippen molar-refractivity contribution in [1.82, 2.24) is 9.80 Å². The SMILES string of the molecule is CC1CN(C(=O)N2CCS(=O)(=O)CC2CC(=O)O)CC1C. The lowest BCUT2D eigenvalue weighted by Crippen LogP contribution is -2.55. The Kier molecular flexibility index (Phi) is 4.46. The molecule has 3 atom stereocenters. The first-order chi connectivity index (χ1) is 9.69. The van der Waals surface area contributed by atoms with Gasteiger partial charge >= 0.3 is 12.0 Å². The molecule has 2 aliphatic rings. The molecular weight excluding hydrogens is 296 g/mol. The first-order valence-corrected chi connectivity index (χ1v) is 8.99. The monoisotopic (exact) mass is 318 g/mol. The van der Waals surface area contributed by atoms with E-state index in [9.17, 15) is 18.0 Å². The molecule has 3 unspecified atom stereocenters. The van der Waals surface area contributed by atoms with E-state index in [1.54, 1.807) is 4.90 Å². The quantitative estimate of drug-likeness (QED) is 0.788. The van der Waals surface area contributed by atoms with E-state index in [-0.39, 0.29) is 30.5 Å². The molecule has 0 aromatic heterocycles.